The van der Waals surface area contributed by atoms with Gasteiger partial charge in [0.15, 0.2) is 9.84 Å². The summed E-state index contributed by atoms with van der Waals surface area (Å²) in [6.07, 6.45) is 2.85. The Kier molecular flexibility index (Phi) is 5.00. The number of para-hydroxylation sites is 1. The van der Waals surface area contributed by atoms with Crippen molar-refractivity contribution >= 4 is 32.6 Å². The lowest BCUT2D eigenvalue weighted by Crippen LogP contribution is -2.41. The molecular formula is C19H19N3O4S. The highest BCUT2D eigenvalue weighted by Gasteiger charge is 2.15. The molecule has 0 aliphatic heterocycles. The van der Waals surface area contributed by atoms with Crippen LogP contribution in [0.25, 0.3) is 10.9 Å². The molecule has 0 saturated carbocycles. The van der Waals surface area contributed by atoms with Crippen LogP contribution in [0.1, 0.15) is 26.3 Å². The second-order valence-corrected chi connectivity index (χ2v) is 8.49. The maximum atomic E-state index is 12.4. The molecule has 2 amide bonds. The lowest BCUT2D eigenvalue weighted by Gasteiger charge is -2.07. The summed E-state index contributed by atoms with van der Waals surface area (Å²) in [5, 5.41) is 0.789. The number of hydrazine groups is 1. The second-order valence-electron chi connectivity index (χ2n) is 6.35. The lowest BCUT2D eigenvalue weighted by atomic mass is 10.1. The van der Waals surface area contributed by atoms with E-state index in [9.17, 15) is 18.0 Å². The molecule has 0 spiro atoms. The van der Waals surface area contributed by atoms with E-state index in [2.05, 4.69) is 10.9 Å². The molecule has 0 saturated heterocycles. The number of carbonyl (C=O) groups is 2. The molecule has 2 aromatic carbocycles. The smallest absolute Gasteiger partial charge is 0.271 e. The number of amides is 2. The quantitative estimate of drug-likeness (QED) is 0.669. The van der Waals surface area contributed by atoms with E-state index in [1.54, 1.807) is 18.3 Å². The van der Waals surface area contributed by atoms with Gasteiger partial charge in [-0.1, -0.05) is 30.3 Å². The molecule has 0 atom stereocenters. The minimum Gasteiger partial charge on any atom is -0.350 e. The number of aromatic nitrogens is 1. The zero-order valence-electron chi connectivity index (χ0n) is 14.9. The molecule has 7 nitrogen and oxygen atoms in total. The zero-order valence-corrected chi connectivity index (χ0v) is 15.7. The van der Waals surface area contributed by atoms with E-state index in [4.69, 9.17) is 0 Å². The predicted octanol–water partition coefficient (Wildman–Crippen LogP) is 1.80. The van der Waals surface area contributed by atoms with Gasteiger partial charge in [0.1, 0.15) is 0 Å². The molecule has 0 radical (unpaired) electrons. The summed E-state index contributed by atoms with van der Waals surface area (Å²) < 4.78 is 24.4. The second kappa shape index (κ2) is 7.24. The van der Waals surface area contributed by atoms with Crippen LogP contribution in [0.2, 0.25) is 0 Å². The fourth-order valence-corrected chi connectivity index (χ4v) is 3.63. The van der Waals surface area contributed by atoms with Crippen LogP contribution in [0.15, 0.2) is 54.7 Å². The van der Waals surface area contributed by atoms with Gasteiger partial charge in [-0.25, -0.2) is 8.42 Å². The van der Waals surface area contributed by atoms with Gasteiger partial charge >= 0.3 is 0 Å². The number of carbonyl (C=O) groups excluding carboxylic acids is 2. The van der Waals surface area contributed by atoms with E-state index in [0.717, 1.165) is 17.2 Å². The fraction of sp³-hybridized carbons (Fsp3) is 0.158. The van der Waals surface area contributed by atoms with E-state index in [-0.39, 0.29) is 5.75 Å². The number of fused-ring (bicyclic) bond motifs is 1. The topological polar surface area (TPSA) is 97.3 Å². The minimum absolute atomic E-state index is 0.0906. The molecule has 8 heteroatoms. The molecule has 3 rings (SSSR count). The van der Waals surface area contributed by atoms with Crippen molar-refractivity contribution in [3.63, 3.8) is 0 Å². The number of nitrogens with zero attached hydrogens (tertiary/aromatic N) is 1. The van der Waals surface area contributed by atoms with Crippen molar-refractivity contribution < 1.29 is 18.0 Å². The summed E-state index contributed by atoms with van der Waals surface area (Å²) in [6.45, 7) is 0. The van der Waals surface area contributed by atoms with Crippen LogP contribution in [-0.2, 0) is 22.6 Å². The Morgan fingerprint density at radius 1 is 0.963 bits per heavy atom. The molecule has 2 N–H and O–H groups in total. The third kappa shape index (κ3) is 4.35. The van der Waals surface area contributed by atoms with E-state index >= 15 is 0 Å². The van der Waals surface area contributed by atoms with Crippen LogP contribution in [-0.4, -0.2) is 31.1 Å². The van der Waals surface area contributed by atoms with Crippen LogP contribution in [0.3, 0.4) is 0 Å². The molecule has 0 bridgehead atoms. The van der Waals surface area contributed by atoms with Crippen molar-refractivity contribution in [2.75, 3.05) is 6.26 Å². The van der Waals surface area contributed by atoms with Crippen molar-refractivity contribution in [1.29, 1.82) is 0 Å². The summed E-state index contributed by atoms with van der Waals surface area (Å²) in [7, 11) is -1.29. The Labute approximate surface area is 156 Å². The van der Waals surface area contributed by atoms with Gasteiger partial charge in [-0.3, -0.25) is 20.4 Å². The molecule has 0 fully saturated rings. The van der Waals surface area contributed by atoms with E-state index < -0.39 is 21.7 Å². The first-order valence-corrected chi connectivity index (χ1v) is 10.2. The molecule has 27 heavy (non-hydrogen) atoms. The lowest BCUT2D eigenvalue weighted by molar-refractivity contribution is 0.0847. The summed E-state index contributed by atoms with van der Waals surface area (Å²) in [5.74, 6) is -1.00. The van der Waals surface area contributed by atoms with Crippen LogP contribution < -0.4 is 10.9 Å². The first-order valence-electron chi connectivity index (χ1n) is 8.16. The van der Waals surface area contributed by atoms with Crippen LogP contribution in [0.5, 0.6) is 0 Å². The molecule has 1 aromatic heterocycles. The standard InChI is InChI=1S/C19H19N3O4S/c1-22-11-16(15-5-3-4-6-17(15)22)19(24)21-20-18(23)14-9-7-13(8-10-14)12-27(2,25)26/h3-11H,12H2,1-2H3,(H,20,23)(H,21,24). The van der Waals surface area contributed by atoms with Crippen molar-refractivity contribution in [2.24, 2.45) is 7.05 Å². The zero-order chi connectivity index (χ0) is 19.6. The first kappa shape index (κ1) is 18.7. The SMILES string of the molecule is Cn1cc(C(=O)NNC(=O)c2ccc(CS(C)(=O)=O)cc2)c2ccccc21. The largest absolute Gasteiger partial charge is 0.350 e. The molecule has 0 unspecified atom stereocenters. The van der Waals surface area contributed by atoms with Gasteiger partial charge in [0.05, 0.1) is 11.3 Å². The average Bonchev–Trinajstić information content (AvgIpc) is 2.96. The Bertz CT molecular complexity index is 1120. The van der Waals surface area contributed by atoms with Crippen molar-refractivity contribution in [1.82, 2.24) is 15.4 Å². The minimum atomic E-state index is -3.14. The maximum absolute atomic E-state index is 12.4. The average molecular weight is 385 g/mol. The van der Waals surface area contributed by atoms with Crippen LogP contribution in [0.4, 0.5) is 0 Å². The van der Waals surface area contributed by atoms with E-state index in [1.165, 1.54) is 12.1 Å². The number of nitrogens with one attached hydrogen (secondary N) is 2. The molecule has 3 aromatic rings. The summed E-state index contributed by atoms with van der Waals surface area (Å²) in [4.78, 5) is 24.6. The Balaban J connectivity index is 1.67. The summed E-state index contributed by atoms with van der Waals surface area (Å²) in [5.41, 5.74) is 7.05. The van der Waals surface area contributed by atoms with Gasteiger partial charge in [0.2, 0.25) is 0 Å². The normalized spacial score (nSPS) is 11.3. The highest BCUT2D eigenvalue weighted by Crippen LogP contribution is 2.19. The van der Waals surface area contributed by atoms with E-state index in [0.29, 0.717) is 16.7 Å². The monoisotopic (exact) mass is 385 g/mol. The Morgan fingerprint density at radius 3 is 2.26 bits per heavy atom. The molecule has 0 aliphatic rings. The molecular weight excluding hydrogens is 366 g/mol. The first-order chi connectivity index (χ1) is 12.7. The third-order valence-corrected chi connectivity index (χ3v) is 4.93. The van der Waals surface area contributed by atoms with Gasteiger partial charge in [0.25, 0.3) is 11.8 Å². The van der Waals surface area contributed by atoms with Gasteiger partial charge in [-0.15, -0.1) is 0 Å². The van der Waals surface area contributed by atoms with Gasteiger partial charge in [-0.05, 0) is 23.8 Å². The van der Waals surface area contributed by atoms with Crippen molar-refractivity contribution in [3.8, 4) is 0 Å². The third-order valence-electron chi connectivity index (χ3n) is 4.08. The van der Waals surface area contributed by atoms with E-state index in [1.807, 2.05) is 35.9 Å². The van der Waals surface area contributed by atoms with Gasteiger partial charge in [-0.2, -0.15) is 0 Å². The Morgan fingerprint density at radius 2 is 1.59 bits per heavy atom. The number of sulfone groups is 1. The number of hydrogen-bond donors (Lipinski definition) is 2. The van der Waals surface area contributed by atoms with Crippen LogP contribution >= 0.6 is 0 Å². The summed E-state index contributed by atoms with van der Waals surface area (Å²) >= 11 is 0. The highest BCUT2D eigenvalue weighted by molar-refractivity contribution is 7.89. The fourth-order valence-electron chi connectivity index (χ4n) is 2.83. The van der Waals surface area contributed by atoms with Gasteiger partial charge < -0.3 is 4.57 Å². The number of aryl methyl sites for hydroxylation is 1. The molecule has 1 heterocycles. The van der Waals surface area contributed by atoms with Crippen LogP contribution in [0, 0.1) is 0 Å². The molecule has 140 valence electrons. The summed E-state index contributed by atoms with van der Waals surface area (Å²) in [6, 6.07) is 13.6. The number of rotatable bonds is 4. The predicted molar refractivity (Wildman–Crippen MR) is 103 cm³/mol. The molecule has 0 aliphatic carbocycles. The highest BCUT2D eigenvalue weighted by atomic mass is 32.2. The Hall–Kier alpha value is -3.13. The van der Waals surface area contributed by atoms with Crippen molar-refractivity contribution in [3.05, 3.63) is 71.4 Å². The number of benzene rings is 2. The maximum Gasteiger partial charge on any atom is 0.271 e. The van der Waals surface area contributed by atoms with Gasteiger partial charge in [0, 0.05) is 36.0 Å². The number of hydrogen-bond acceptors (Lipinski definition) is 4. The van der Waals surface area contributed by atoms with Crippen molar-refractivity contribution in [2.45, 2.75) is 5.75 Å².